The molecule has 106 valence electrons. The monoisotopic (exact) mass is 268 g/mol. The van der Waals surface area contributed by atoms with E-state index in [4.69, 9.17) is 10.6 Å². The van der Waals surface area contributed by atoms with Gasteiger partial charge in [0, 0.05) is 7.11 Å². The Balaban J connectivity index is 2.68. The van der Waals surface area contributed by atoms with Crippen molar-refractivity contribution in [1.29, 1.82) is 0 Å². The Hall–Kier alpha value is -1.66. The van der Waals surface area contributed by atoms with Crippen LogP contribution >= 0.6 is 0 Å². The summed E-state index contributed by atoms with van der Waals surface area (Å²) in [5, 5.41) is 3.08. The number of nitrogens with one attached hydrogen (secondary N) is 2. The number of hydrogen-bond acceptors (Lipinski definition) is 3. The quantitative estimate of drug-likeness (QED) is 0.247. The SMILES string of the molecule is COCCN=C(NN)NC(C)c1ccc(C)c(F)c1. The van der Waals surface area contributed by atoms with Crippen molar-refractivity contribution in [2.45, 2.75) is 19.9 Å². The van der Waals surface area contributed by atoms with Crippen LogP contribution in [0.25, 0.3) is 0 Å². The van der Waals surface area contributed by atoms with E-state index in [1.807, 2.05) is 13.0 Å². The van der Waals surface area contributed by atoms with Gasteiger partial charge in [0.05, 0.1) is 19.2 Å². The van der Waals surface area contributed by atoms with Gasteiger partial charge in [-0.1, -0.05) is 12.1 Å². The maximum Gasteiger partial charge on any atom is 0.206 e. The number of hydrogen-bond donors (Lipinski definition) is 3. The summed E-state index contributed by atoms with van der Waals surface area (Å²) in [6.45, 7) is 4.65. The average Bonchev–Trinajstić information content (AvgIpc) is 2.40. The summed E-state index contributed by atoms with van der Waals surface area (Å²) >= 11 is 0. The molecule has 1 aromatic rings. The number of methoxy groups -OCH3 is 1. The molecular weight excluding hydrogens is 247 g/mol. The third kappa shape index (κ3) is 4.84. The van der Waals surface area contributed by atoms with Crippen molar-refractivity contribution >= 4 is 5.96 Å². The van der Waals surface area contributed by atoms with Crippen LogP contribution in [0, 0.1) is 12.7 Å². The van der Waals surface area contributed by atoms with Crippen LogP contribution in [0.2, 0.25) is 0 Å². The average molecular weight is 268 g/mol. The highest BCUT2D eigenvalue weighted by molar-refractivity contribution is 5.79. The van der Waals surface area contributed by atoms with Crippen molar-refractivity contribution in [2.24, 2.45) is 10.8 Å². The molecule has 0 saturated heterocycles. The normalized spacial score (nSPS) is 13.2. The van der Waals surface area contributed by atoms with Crippen LogP contribution in [0.3, 0.4) is 0 Å². The predicted octanol–water partition coefficient (Wildman–Crippen LogP) is 1.25. The number of benzene rings is 1. The molecule has 0 aliphatic carbocycles. The zero-order chi connectivity index (χ0) is 14.3. The largest absolute Gasteiger partial charge is 0.383 e. The van der Waals surface area contributed by atoms with Gasteiger partial charge < -0.3 is 10.1 Å². The lowest BCUT2D eigenvalue weighted by Gasteiger charge is -2.17. The van der Waals surface area contributed by atoms with E-state index in [-0.39, 0.29) is 11.9 Å². The third-order valence-corrected chi connectivity index (χ3v) is 2.75. The molecule has 0 fully saturated rings. The summed E-state index contributed by atoms with van der Waals surface area (Å²) in [4.78, 5) is 4.19. The highest BCUT2D eigenvalue weighted by atomic mass is 19.1. The lowest BCUT2D eigenvalue weighted by atomic mass is 10.1. The van der Waals surface area contributed by atoms with Crippen molar-refractivity contribution in [1.82, 2.24) is 10.7 Å². The van der Waals surface area contributed by atoms with Crippen LogP contribution in [0.1, 0.15) is 24.1 Å². The molecule has 1 unspecified atom stereocenters. The van der Waals surface area contributed by atoms with Gasteiger partial charge in [-0.25, -0.2) is 15.2 Å². The molecule has 0 saturated carbocycles. The first-order valence-electron chi connectivity index (χ1n) is 6.11. The van der Waals surface area contributed by atoms with Gasteiger partial charge in [-0.05, 0) is 31.0 Å². The van der Waals surface area contributed by atoms with Gasteiger partial charge in [0.2, 0.25) is 5.96 Å². The third-order valence-electron chi connectivity index (χ3n) is 2.75. The van der Waals surface area contributed by atoms with Crippen LogP contribution in [0.5, 0.6) is 0 Å². The molecule has 1 aromatic carbocycles. The molecule has 4 N–H and O–H groups in total. The molecule has 6 heteroatoms. The molecule has 0 aliphatic heterocycles. The van der Waals surface area contributed by atoms with Gasteiger partial charge in [0.15, 0.2) is 0 Å². The molecule has 0 spiro atoms. The van der Waals surface area contributed by atoms with Crippen molar-refractivity contribution in [3.05, 3.63) is 35.1 Å². The number of hydrazine groups is 1. The molecule has 0 radical (unpaired) electrons. The van der Waals surface area contributed by atoms with E-state index in [9.17, 15) is 4.39 Å². The fraction of sp³-hybridized carbons (Fsp3) is 0.462. The number of aryl methyl sites for hydroxylation is 1. The minimum absolute atomic E-state index is 0.104. The summed E-state index contributed by atoms with van der Waals surface area (Å²) in [6, 6.07) is 5.03. The highest BCUT2D eigenvalue weighted by Crippen LogP contribution is 2.15. The Kier molecular flexibility index (Phi) is 6.24. The second-order valence-electron chi connectivity index (χ2n) is 4.24. The number of nitrogens with two attached hydrogens (primary N) is 1. The van der Waals surface area contributed by atoms with Crippen LogP contribution in [0.15, 0.2) is 23.2 Å². The Morgan fingerprint density at radius 2 is 2.26 bits per heavy atom. The predicted molar refractivity (Wildman–Crippen MR) is 74.2 cm³/mol. The highest BCUT2D eigenvalue weighted by Gasteiger charge is 2.09. The fourth-order valence-corrected chi connectivity index (χ4v) is 1.55. The molecule has 5 nitrogen and oxygen atoms in total. The first kappa shape index (κ1) is 15.4. The number of rotatable bonds is 5. The van der Waals surface area contributed by atoms with E-state index >= 15 is 0 Å². The molecule has 0 heterocycles. The van der Waals surface area contributed by atoms with Gasteiger partial charge in [-0.3, -0.25) is 5.43 Å². The van der Waals surface area contributed by atoms with E-state index in [1.54, 1.807) is 20.1 Å². The minimum Gasteiger partial charge on any atom is -0.383 e. The summed E-state index contributed by atoms with van der Waals surface area (Å²) < 4.78 is 18.4. The van der Waals surface area contributed by atoms with E-state index in [1.165, 1.54) is 6.07 Å². The van der Waals surface area contributed by atoms with Gasteiger partial charge in [0.1, 0.15) is 5.82 Å². The van der Waals surface area contributed by atoms with E-state index < -0.39 is 0 Å². The van der Waals surface area contributed by atoms with E-state index in [0.717, 1.165) is 5.56 Å². The molecule has 1 rings (SSSR count). The van der Waals surface area contributed by atoms with E-state index in [2.05, 4.69) is 15.7 Å². The molecular formula is C13H21FN4O. The first-order valence-corrected chi connectivity index (χ1v) is 6.11. The lowest BCUT2D eigenvalue weighted by Crippen LogP contribution is -2.42. The number of ether oxygens (including phenoxy) is 1. The van der Waals surface area contributed by atoms with Crippen molar-refractivity contribution in [2.75, 3.05) is 20.3 Å². The number of aliphatic imine (C=N–C) groups is 1. The number of guanidine groups is 1. The molecule has 0 amide bonds. The second kappa shape index (κ2) is 7.70. The van der Waals surface area contributed by atoms with E-state index in [0.29, 0.717) is 24.7 Å². The van der Waals surface area contributed by atoms with Crippen LogP contribution in [-0.4, -0.2) is 26.2 Å². The van der Waals surface area contributed by atoms with Crippen molar-refractivity contribution in [3.63, 3.8) is 0 Å². The minimum atomic E-state index is -0.218. The van der Waals surface area contributed by atoms with Gasteiger partial charge >= 0.3 is 0 Å². The number of nitrogens with zero attached hydrogens (tertiary/aromatic N) is 1. The van der Waals surface area contributed by atoms with Crippen molar-refractivity contribution in [3.8, 4) is 0 Å². The summed E-state index contributed by atoms with van der Waals surface area (Å²) in [5.41, 5.74) is 3.94. The van der Waals surface area contributed by atoms with Crippen LogP contribution in [0.4, 0.5) is 4.39 Å². The van der Waals surface area contributed by atoms with Crippen molar-refractivity contribution < 1.29 is 9.13 Å². The molecule has 19 heavy (non-hydrogen) atoms. The topological polar surface area (TPSA) is 71.7 Å². The lowest BCUT2D eigenvalue weighted by molar-refractivity contribution is 0.208. The van der Waals surface area contributed by atoms with Gasteiger partial charge in [0.25, 0.3) is 0 Å². The van der Waals surface area contributed by atoms with Crippen LogP contribution in [-0.2, 0) is 4.74 Å². The Morgan fingerprint density at radius 3 is 2.84 bits per heavy atom. The Bertz CT molecular complexity index is 437. The standard InChI is InChI=1S/C13H21FN4O/c1-9-4-5-11(8-12(9)14)10(2)17-13(18-15)16-6-7-19-3/h4-5,8,10H,6-7,15H2,1-3H3,(H2,16,17,18). The fourth-order valence-electron chi connectivity index (χ4n) is 1.55. The van der Waals surface area contributed by atoms with Gasteiger partial charge in [-0.15, -0.1) is 0 Å². The summed E-state index contributed by atoms with van der Waals surface area (Å²) in [5.74, 6) is 5.61. The molecule has 0 aliphatic rings. The molecule has 0 bridgehead atoms. The zero-order valence-corrected chi connectivity index (χ0v) is 11.5. The van der Waals surface area contributed by atoms with Crippen LogP contribution < -0.4 is 16.6 Å². The molecule has 1 atom stereocenters. The zero-order valence-electron chi connectivity index (χ0n) is 11.5. The van der Waals surface area contributed by atoms with Gasteiger partial charge in [-0.2, -0.15) is 0 Å². The Labute approximate surface area is 113 Å². The Morgan fingerprint density at radius 1 is 1.53 bits per heavy atom. The maximum absolute atomic E-state index is 13.5. The summed E-state index contributed by atoms with van der Waals surface area (Å²) in [7, 11) is 1.61. The second-order valence-corrected chi connectivity index (χ2v) is 4.24. The smallest absolute Gasteiger partial charge is 0.206 e. The number of halogens is 1. The first-order chi connectivity index (χ1) is 9.08. The molecule has 0 aromatic heterocycles. The summed E-state index contributed by atoms with van der Waals surface area (Å²) in [6.07, 6.45) is 0. The maximum atomic E-state index is 13.5.